The Labute approximate surface area is 166 Å². The van der Waals surface area contributed by atoms with E-state index in [1.807, 2.05) is 6.92 Å². The Morgan fingerprint density at radius 1 is 1.38 bits per heavy atom. The van der Waals surface area contributed by atoms with Crippen LogP contribution in [0.4, 0.5) is 0 Å². The van der Waals surface area contributed by atoms with Crippen molar-refractivity contribution in [1.29, 1.82) is 0 Å². The van der Waals surface area contributed by atoms with Crippen molar-refractivity contribution in [2.45, 2.75) is 26.7 Å². The normalized spacial score (nSPS) is 12.1. The lowest BCUT2D eigenvalue weighted by Gasteiger charge is -2.16. The summed E-state index contributed by atoms with van der Waals surface area (Å²) < 4.78 is 24.6. The minimum atomic E-state index is -3.09. The second-order valence-corrected chi connectivity index (χ2v) is 8.54. The molecule has 0 bridgehead atoms. The molecule has 0 spiro atoms. The van der Waals surface area contributed by atoms with E-state index in [1.54, 1.807) is 32.4 Å². The minimum absolute atomic E-state index is 0. The SMILES string of the molecule is CCS(=O)(=O)N(C)CCCNC(=NC)NCCc1csc(C)n1.I. The van der Waals surface area contributed by atoms with Crippen LogP contribution in [-0.2, 0) is 16.4 Å². The zero-order chi connectivity index (χ0) is 17.3. The Kier molecular flexibility index (Phi) is 11.8. The molecule has 7 nitrogen and oxygen atoms in total. The van der Waals surface area contributed by atoms with Crippen LogP contribution in [0.3, 0.4) is 0 Å². The molecule has 1 aromatic heterocycles. The summed E-state index contributed by atoms with van der Waals surface area (Å²) in [7, 11) is 0.238. The molecule has 0 aliphatic heterocycles. The molecule has 24 heavy (non-hydrogen) atoms. The molecule has 0 fully saturated rings. The van der Waals surface area contributed by atoms with Gasteiger partial charge in [-0.25, -0.2) is 17.7 Å². The molecule has 1 rings (SSSR count). The molecule has 1 aromatic rings. The van der Waals surface area contributed by atoms with Gasteiger partial charge in [0.25, 0.3) is 0 Å². The fraction of sp³-hybridized carbons (Fsp3) is 0.714. The maximum absolute atomic E-state index is 11.6. The van der Waals surface area contributed by atoms with E-state index >= 15 is 0 Å². The fourth-order valence-electron chi connectivity index (χ4n) is 1.92. The van der Waals surface area contributed by atoms with E-state index in [9.17, 15) is 8.42 Å². The van der Waals surface area contributed by atoms with E-state index < -0.39 is 10.0 Å². The molecular weight excluding hydrogens is 461 g/mol. The average Bonchev–Trinajstić information content (AvgIpc) is 2.94. The summed E-state index contributed by atoms with van der Waals surface area (Å²) in [6.45, 7) is 5.57. The molecule has 0 aliphatic rings. The molecule has 0 aromatic carbocycles. The van der Waals surface area contributed by atoms with Crippen molar-refractivity contribution in [1.82, 2.24) is 19.9 Å². The lowest BCUT2D eigenvalue weighted by Crippen LogP contribution is -2.40. The van der Waals surface area contributed by atoms with Crippen molar-refractivity contribution >= 4 is 51.3 Å². The maximum atomic E-state index is 11.6. The van der Waals surface area contributed by atoms with Gasteiger partial charge < -0.3 is 10.6 Å². The lowest BCUT2D eigenvalue weighted by molar-refractivity contribution is 0.461. The Hall–Kier alpha value is -0.460. The second kappa shape index (κ2) is 12.0. The van der Waals surface area contributed by atoms with Gasteiger partial charge in [-0.3, -0.25) is 4.99 Å². The largest absolute Gasteiger partial charge is 0.356 e. The molecule has 0 saturated heterocycles. The number of halogens is 1. The van der Waals surface area contributed by atoms with Crippen LogP contribution in [0.25, 0.3) is 0 Å². The summed E-state index contributed by atoms with van der Waals surface area (Å²) >= 11 is 1.65. The molecule has 0 radical (unpaired) electrons. The first-order valence-corrected chi connectivity index (χ1v) is 10.2. The molecule has 0 unspecified atom stereocenters. The van der Waals surface area contributed by atoms with Crippen LogP contribution in [0.1, 0.15) is 24.0 Å². The van der Waals surface area contributed by atoms with Crippen molar-refractivity contribution in [3.63, 3.8) is 0 Å². The summed E-state index contributed by atoms with van der Waals surface area (Å²) in [5.74, 6) is 0.855. The van der Waals surface area contributed by atoms with Crippen LogP contribution in [-0.4, -0.2) is 63.1 Å². The Morgan fingerprint density at radius 3 is 2.58 bits per heavy atom. The number of guanidine groups is 1. The molecule has 0 aliphatic carbocycles. The molecule has 1 heterocycles. The third-order valence-corrected chi connectivity index (χ3v) is 6.03. The minimum Gasteiger partial charge on any atom is -0.356 e. The number of aliphatic imine (C=N–C) groups is 1. The van der Waals surface area contributed by atoms with Crippen LogP contribution in [0.2, 0.25) is 0 Å². The lowest BCUT2D eigenvalue weighted by atomic mass is 10.3. The molecule has 0 amide bonds. The molecule has 10 heteroatoms. The highest BCUT2D eigenvalue weighted by Crippen LogP contribution is 2.07. The smallest absolute Gasteiger partial charge is 0.213 e. The van der Waals surface area contributed by atoms with Crippen molar-refractivity contribution < 1.29 is 8.42 Å². The predicted octanol–water partition coefficient (Wildman–Crippen LogP) is 1.45. The Morgan fingerprint density at radius 2 is 2.04 bits per heavy atom. The van der Waals surface area contributed by atoms with E-state index in [1.165, 1.54) is 4.31 Å². The Balaban J connectivity index is 0.00000529. The molecule has 2 N–H and O–H groups in total. The first kappa shape index (κ1) is 23.5. The van der Waals surface area contributed by atoms with Gasteiger partial charge in [0, 0.05) is 45.5 Å². The van der Waals surface area contributed by atoms with Gasteiger partial charge in [-0.1, -0.05) is 0 Å². The number of nitrogens with zero attached hydrogens (tertiary/aromatic N) is 3. The predicted molar refractivity (Wildman–Crippen MR) is 112 cm³/mol. The summed E-state index contributed by atoms with van der Waals surface area (Å²) in [6.07, 6.45) is 1.57. The zero-order valence-electron chi connectivity index (χ0n) is 14.7. The highest BCUT2D eigenvalue weighted by Gasteiger charge is 2.13. The molecule has 0 saturated carbocycles. The summed E-state index contributed by atoms with van der Waals surface area (Å²) in [5.41, 5.74) is 1.09. The number of aryl methyl sites for hydroxylation is 1. The Bertz CT molecular complexity index is 604. The van der Waals surface area contributed by atoms with Crippen molar-refractivity contribution in [3.05, 3.63) is 16.1 Å². The topological polar surface area (TPSA) is 86.7 Å². The van der Waals surface area contributed by atoms with Crippen LogP contribution in [0.15, 0.2) is 10.4 Å². The van der Waals surface area contributed by atoms with E-state index in [0.29, 0.717) is 13.1 Å². The zero-order valence-corrected chi connectivity index (χ0v) is 18.7. The number of nitrogens with one attached hydrogen (secondary N) is 2. The van der Waals surface area contributed by atoms with E-state index in [-0.39, 0.29) is 29.7 Å². The van der Waals surface area contributed by atoms with Crippen LogP contribution in [0, 0.1) is 6.92 Å². The van der Waals surface area contributed by atoms with Crippen LogP contribution < -0.4 is 10.6 Å². The second-order valence-electron chi connectivity index (χ2n) is 5.11. The number of hydrogen-bond donors (Lipinski definition) is 2. The highest BCUT2D eigenvalue weighted by molar-refractivity contribution is 14.0. The van der Waals surface area contributed by atoms with Gasteiger partial charge in [0.2, 0.25) is 10.0 Å². The molecular formula is C14H28IN5O2S2. The number of sulfonamides is 1. The van der Waals surface area contributed by atoms with Gasteiger partial charge in [0.1, 0.15) is 0 Å². The van der Waals surface area contributed by atoms with Gasteiger partial charge in [-0.2, -0.15) is 0 Å². The summed E-state index contributed by atoms with van der Waals surface area (Å²) in [4.78, 5) is 8.57. The first-order chi connectivity index (χ1) is 10.9. The summed E-state index contributed by atoms with van der Waals surface area (Å²) in [5, 5.41) is 9.56. The third-order valence-electron chi connectivity index (χ3n) is 3.35. The van der Waals surface area contributed by atoms with Crippen LogP contribution in [0.5, 0.6) is 0 Å². The van der Waals surface area contributed by atoms with Gasteiger partial charge in [0.15, 0.2) is 5.96 Å². The fourth-order valence-corrected chi connectivity index (χ4v) is 3.42. The van der Waals surface area contributed by atoms with Crippen LogP contribution >= 0.6 is 35.3 Å². The van der Waals surface area contributed by atoms with Crippen molar-refractivity contribution in [3.8, 4) is 0 Å². The van der Waals surface area contributed by atoms with Gasteiger partial charge in [-0.15, -0.1) is 35.3 Å². The first-order valence-electron chi connectivity index (χ1n) is 7.68. The maximum Gasteiger partial charge on any atom is 0.213 e. The van der Waals surface area contributed by atoms with Gasteiger partial charge in [-0.05, 0) is 20.3 Å². The van der Waals surface area contributed by atoms with E-state index in [2.05, 4.69) is 26.0 Å². The highest BCUT2D eigenvalue weighted by atomic mass is 127. The molecule has 0 atom stereocenters. The van der Waals surface area contributed by atoms with E-state index in [0.717, 1.165) is 36.0 Å². The number of aromatic nitrogens is 1. The standard InChI is InChI=1S/C14H27N5O2S2.HI/c1-5-23(20,21)19(4)10-6-8-16-14(15-3)17-9-7-13-11-22-12(2)18-13;/h11H,5-10H2,1-4H3,(H2,15,16,17);1H. The monoisotopic (exact) mass is 489 g/mol. The third kappa shape index (κ3) is 8.58. The number of rotatable bonds is 9. The van der Waals surface area contributed by atoms with Gasteiger partial charge >= 0.3 is 0 Å². The quantitative estimate of drug-likeness (QED) is 0.237. The number of thiazole rings is 1. The average molecular weight is 489 g/mol. The summed E-state index contributed by atoms with van der Waals surface area (Å²) in [6, 6.07) is 0. The van der Waals surface area contributed by atoms with Crippen molar-refractivity contribution in [2.24, 2.45) is 4.99 Å². The van der Waals surface area contributed by atoms with Gasteiger partial charge in [0.05, 0.1) is 16.5 Å². The van der Waals surface area contributed by atoms with E-state index in [4.69, 9.17) is 0 Å². The van der Waals surface area contributed by atoms with Crippen molar-refractivity contribution in [2.75, 3.05) is 39.5 Å². The number of hydrogen-bond acceptors (Lipinski definition) is 5. The molecule has 140 valence electrons.